The number of methoxy groups -OCH3 is 1. The third-order valence-corrected chi connectivity index (χ3v) is 6.64. The number of rotatable bonds is 4. The van der Waals surface area contributed by atoms with E-state index in [0.29, 0.717) is 18.2 Å². The van der Waals surface area contributed by atoms with Gasteiger partial charge in [0.25, 0.3) is 0 Å². The number of fused-ring (bicyclic) bond motifs is 1. The van der Waals surface area contributed by atoms with E-state index in [9.17, 15) is 5.11 Å². The van der Waals surface area contributed by atoms with Crippen LogP contribution in [0.25, 0.3) is 4.96 Å². The highest BCUT2D eigenvalue weighted by Gasteiger charge is 2.42. The second-order valence-corrected chi connectivity index (χ2v) is 8.07. The van der Waals surface area contributed by atoms with Crippen LogP contribution in [-0.4, -0.2) is 63.8 Å². The van der Waals surface area contributed by atoms with Crippen LogP contribution in [-0.2, 0) is 9.47 Å². The largest absolute Gasteiger partial charge is 0.497 e. The number of hydrogen-bond acceptors (Lipinski definition) is 8. The number of aromatic nitrogens is 3. The minimum absolute atomic E-state index is 0.0989. The van der Waals surface area contributed by atoms with Crippen LogP contribution in [0.3, 0.4) is 0 Å². The van der Waals surface area contributed by atoms with Crippen molar-refractivity contribution in [2.75, 3.05) is 33.4 Å². The zero-order valence-corrected chi connectivity index (χ0v) is 16.4. The molecule has 0 radical (unpaired) electrons. The molecule has 0 saturated carbocycles. The second kappa shape index (κ2) is 7.00. The number of likely N-dealkylation sites (tertiary alicyclic amines) is 1. The average Bonchev–Trinajstić information content (AvgIpc) is 3.44. The van der Waals surface area contributed by atoms with Gasteiger partial charge in [0, 0.05) is 25.9 Å². The molecule has 1 atom stereocenters. The van der Waals surface area contributed by atoms with Crippen LogP contribution in [0.2, 0.25) is 0 Å². The Labute approximate surface area is 166 Å². The summed E-state index contributed by atoms with van der Waals surface area (Å²) in [5, 5.41) is 14.9. The quantitative estimate of drug-likeness (QED) is 0.718. The number of nitrogens with zero attached hydrogens (tertiary/aromatic N) is 4. The Balaban J connectivity index is 1.51. The van der Waals surface area contributed by atoms with Crippen LogP contribution in [0.1, 0.15) is 29.3 Å². The number of benzene rings is 1. The Hall–Kier alpha value is -2.20. The van der Waals surface area contributed by atoms with E-state index in [0.717, 1.165) is 42.1 Å². The maximum Gasteiger partial charge on any atom is 0.230 e. The summed E-state index contributed by atoms with van der Waals surface area (Å²) >= 11 is 1.46. The summed E-state index contributed by atoms with van der Waals surface area (Å²) in [6, 6.07) is 7.89. The lowest BCUT2D eigenvalue weighted by atomic mass is 9.97. The number of hydrogen-bond donors (Lipinski definition) is 1. The van der Waals surface area contributed by atoms with Gasteiger partial charge >= 0.3 is 0 Å². The lowest BCUT2D eigenvalue weighted by Gasteiger charge is -2.41. The van der Waals surface area contributed by atoms with Gasteiger partial charge in [0.2, 0.25) is 10.8 Å². The van der Waals surface area contributed by atoms with Crippen molar-refractivity contribution >= 4 is 16.3 Å². The van der Waals surface area contributed by atoms with Gasteiger partial charge in [-0.25, -0.2) is 4.98 Å². The molecule has 2 saturated heterocycles. The minimum atomic E-state index is -0.436. The number of piperidine rings is 1. The first-order valence-electron chi connectivity index (χ1n) is 9.36. The van der Waals surface area contributed by atoms with Gasteiger partial charge < -0.3 is 19.3 Å². The molecule has 0 aliphatic carbocycles. The molecule has 1 aromatic carbocycles. The lowest BCUT2D eigenvalue weighted by molar-refractivity contribution is -0.187. The summed E-state index contributed by atoms with van der Waals surface area (Å²) in [4.78, 5) is 8.12. The highest BCUT2D eigenvalue weighted by molar-refractivity contribution is 7.17. The highest BCUT2D eigenvalue weighted by atomic mass is 32.1. The molecule has 3 aromatic rings. The fourth-order valence-corrected chi connectivity index (χ4v) is 5.19. The summed E-state index contributed by atoms with van der Waals surface area (Å²) in [6.07, 6.45) is 3.07. The third-order valence-electron chi connectivity index (χ3n) is 5.56. The van der Waals surface area contributed by atoms with Gasteiger partial charge in [-0.3, -0.25) is 4.90 Å². The molecule has 2 aliphatic heterocycles. The SMILES string of the molecule is COc1ccc([C@@H](c2sc3ncnn3c2O)N2CCC3(CC2)OCCO3)cc1. The van der Waals surface area contributed by atoms with Crippen molar-refractivity contribution in [3.8, 4) is 11.6 Å². The Kier molecular flexibility index (Phi) is 4.47. The summed E-state index contributed by atoms with van der Waals surface area (Å²) < 4.78 is 18.5. The Morgan fingerprint density at radius 3 is 2.54 bits per heavy atom. The van der Waals surface area contributed by atoms with Gasteiger partial charge in [-0.1, -0.05) is 23.5 Å². The highest BCUT2D eigenvalue weighted by Crippen LogP contribution is 2.42. The topological polar surface area (TPSA) is 81.4 Å². The van der Waals surface area contributed by atoms with Gasteiger partial charge in [-0.05, 0) is 17.7 Å². The van der Waals surface area contributed by atoms with Crippen molar-refractivity contribution in [1.29, 1.82) is 0 Å². The van der Waals surface area contributed by atoms with E-state index in [1.165, 1.54) is 22.2 Å². The number of aromatic hydroxyl groups is 1. The van der Waals surface area contributed by atoms with Crippen molar-refractivity contribution in [1.82, 2.24) is 19.5 Å². The van der Waals surface area contributed by atoms with E-state index in [4.69, 9.17) is 14.2 Å². The molecule has 0 bridgehead atoms. The Morgan fingerprint density at radius 1 is 1.18 bits per heavy atom. The second-order valence-electron chi connectivity index (χ2n) is 7.06. The molecule has 2 aliphatic rings. The monoisotopic (exact) mass is 402 g/mol. The zero-order chi connectivity index (χ0) is 19.1. The van der Waals surface area contributed by atoms with Gasteiger partial charge in [-0.15, -0.1) is 0 Å². The van der Waals surface area contributed by atoms with Gasteiger partial charge in [0.15, 0.2) is 5.79 Å². The molecule has 2 fully saturated rings. The predicted octanol–water partition coefficient (Wildman–Crippen LogP) is 2.43. The van der Waals surface area contributed by atoms with Crippen molar-refractivity contribution < 1.29 is 19.3 Å². The molecular weight excluding hydrogens is 380 g/mol. The molecule has 5 rings (SSSR count). The number of thiazole rings is 1. The molecule has 9 heteroatoms. The van der Waals surface area contributed by atoms with Gasteiger partial charge in [0.1, 0.15) is 12.1 Å². The average molecular weight is 402 g/mol. The zero-order valence-electron chi connectivity index (χ0n) is 15.6. The first kappa shape index (κ1) is 17.9. The third kappa shape index (κ3) is 2.95. The summed E-state index contributed by atoms with van der Waals surface area (Å²) in [5.41, 5.74) is 1.09. The van der Waals surface area contributed by atoms with E-state index in [-0.39, 0.29) is 11.9 Å². The molecule has 28 heavy (non-hydrogen) atoms. The molecule has 2 aromatic heterocycles. The number of ether oxygens (including phenoxy) is 3. The fourth-order valence-electron chi connectivity index (χ4n) is 4.10. The van der Waals surface area contributed by atoms with Crippen LogP contribution in [0, 0.1) is 0 Å². The molecule has 8 nitrogen and oxygen atoms in total. The summed E-state index contributed by atoms with van der Waals surface area (Å²) in [7, 11) is 1.66. The standard InChI is InChI=1S/C19H22N4O4S/c1-25-14-4-2-13(3-5-14)15(16-17(24)23-18(28-16)20-12-21-23)22-8-6-19(7-9-22)26-10-11-27-19/h2-5,12,15,24H,6-11H2,1H3/t15-/m0/s1. The Morgan fingerprint density at radius 2 is 1.89 bits per heavy atom. The first-order valence-corrected chi connectivity index (χ1v) is 10.2. The van der Waals surface area contributed by atoms with E-state index < -0.39 is 5.79 Å². The van der Waals surface area contributed by atoms with Crippen molar-refractivity contribution in [3.63, 3.8) is 0 Å². The van der Waals surface area contributed by atoms with Crippen LogP contribution >= 0.6 is 11.3 Å². The maximum atomic E-state index is 10.8. The summed E-state index contributed by atoms with van der Waals surface area (Å²) in [6.45, 7) is 2.94. The van der Waals surface area contributed by atoms with E-state index in [1.54, 1.807) is 7.11 Å². The molecule has 1 spiro atoms. The van der Waals surface area contributed by atoms with E-state index in [1.807, 2.05) is 24.3 Å². The molecular formula is C19H22N4O4S. The minimum Gasteiger partial charge on any atom is -0.497 e. The normalized spacial score (nSPS) is 20.8. The van der Waals surface area contributed by atoms with Gasteiger partial charge in [0.05, 0.1) is 31.2 Å². The summed E-state index contributed by atoms with van der Waals surface area (Å²) in [5.74, 6) is 0.515. The molecule has 148 valence electrons. The maximum absolute atomic E-state index is 10.8. The lowest BCUT2D eigenvalue weighted by Crippen LogP contribution is -2.46. The van der Waals surface area contributed by atoms with E-state index in [2.05, 4.69) is 15.0 Å². The predicted molar refractivity (Wildman–Crippen MR) is 103 cm³/mol. The van der Waals surface area contributed by atoms with Crippen molar-refractivity contribution in [2.45, 2.75) is 24.7 Å². The first-order chi connectivity index (χ1) is 13.7. The van der Waals surface area contributed by atoms with Crippen molar-refractivity contribution in [2.24, 2.45) is 0 Å². The van der Waals surface area contributed by atoms with Crippen LogP contribution in [0.5, 0.6) is 11.6 Å². The van der Waals surface area contributed by atoms with Crippen LogP contribution < -0.4 is 4.74 Å². The molecule has 0 amide bonds. The van der Waals surface area contributed by atoms with Crippen LogP contribution in [0.4, 0.5) is 0 Å². The fraction of sp³-hybridized carbons (Fsp3) is 0.474. The van der Waals surface area contributed by atoms with Crippen molar-refractivity contribution in [3.05, 3.63) is 41.0 Å². The van der Waals surface area contributed by atoms with Crippen LogP contribution in [0.15, 0.2) is 30.6 Å². The molecule has 0 unspecified atom stereocenters. The van der Waals surface area contributed by atoms with E-state index >= 15 is 0 Å². The van der Waals surface area contributed by atoms with Gasteiger partial charge in [-0.2, -0.15) is 9.61 Å². The smallest absolute Gasteiger partial charge is 0.230 e. The Bertz CT molecular complexity index is 954. The molecule has 1 N–H and O–H groups in total. The molecule has 4 heterocycles.